The van der Waals surface area contributed by atoms with E-state index in [1.54, 1.807) is 6.07 Å². The van der Waals surface area contributed by atoms with Crippen LogP contribution in [0, 0.1) is 0 Å². The number of aromatic nitrogens is 1. The summed E-state index contributed by atoms with van der Waals surface area (Å²) in [7, 11) is 0. The fourth-order valence-electron chi connectivity index (χ4n) is 2.50. The number of anilines is 2. The van der Waals surface area contributed by atoms with Gasteiger partial charge in [-0.1, -0.05) is 35.3 Å². The van der Waals surface area contributed by atoms with Gasteiger partial charge in [0.1, 0.15) is 11.9 Å². The minimum absolute atomic E-state index is 0.0972. The van der Waals surface area contributed by atoms with Crippen molar-refractivity contribution >= 4 is 40.6 Å². The molecule has 0 spiro atoms. The SMILES string of the molecule is O=C(Nc1cccc(CNc2ncc(Cl)cc2Cl)c1)[C@@H]1CCCO1. The van der Waals surface area contributed by atoms with Crippen LogP contribution in [0.25, 0.3) is 0 Å². The lowest BCUT2D eigenvalue weighted by molar-refractivity contribution is -0.124. The van der Waals surface area contributed by atoms with Gasteiger partial charge in [0.05, 0.1) is 10.0 Å². The smallest absolute Gasteiger partial charge is 0.253 e. The number of benzene rings is 1. The molecule has 1 atom stereocenters. The molecule has 0 radical (unpaired) electrons. The van der Waals surface area contributed by atoms with Gasteiger partial charge in [0.2, 0.25) is 0 Å². The lowest BCUT2D eigenvalue weighted by atomic mass is 10.2. The Morgan fingerprint density at radius 2 is 2.21 bits per heavy atom. The van der Waals surface area contributed by atoms with Crippen LogP contribution in [-0.2, 0) is 16.1 Å². The summed E-state index contributed by atoms with van der Waals surface area (Å²) in [6.07, 6.45) is 2.89. The molecule has 0 saturated carbocycles. The molecule has 2 aromatic rings. The molecule has 5 nitrogen and oxygen atoms in total. The number of carbonyl (C=O) groups is 1. The summed E-state index contributed by atoms with van der Waals surface area (Å²) >= 11 is 11.9. The zero-order valence-electron chi connectivity index (χ0n) is 12.9. The first-order chi connectivity index (χ1) is 11.6. The zero-order valence-corrected chi connectivity index (χ0v) is 14.4. The third-order valence-corrected chi connectivity index (χ3v) is 4.18. The fraction of sp³-hybridized carbons (Fsp3) is 0.294. The van der Waals surface area contributed by atoms with Crippen LogP contribution in [0.3, 0.4) is 0 Å². The maximum atomic E-state index is 12.1. The molecule has 0 unspecified atom stereocenters. The number of rotatable bonds is 5. The second-order valence-corrected chi connectivity index (χ2v) is 6.37. The second-order valence-electron chi connectivity index (χ2n) is 5.53. The number of hydrogen-bond donors (Lipinski definition) is 2. The van der Waals surface area contributed by atoms with E-state index in [4.69, 9.17) is 27.9 Å². The predicted octanol–water partition coefficient (Wildman–Crippen LogP) is 4.12. The van der Waals surface area contributed by atoms with Crippen molar-refractivity contribution in [3.63, 3.8) is 0 Å². The first-order valence-electron chi connectivity index (χ1n) is 7.68. The van der Waals surface area contributed by atoms with Crippen LogP contribution in [-0.4, -0.2) is 23.6 Å². The van der Waals surface area contributed by atoms with Crippen LogP contribution in [0.15, 0.2) is 36.5 Å². The van der Waals surface area contributed by atoms with Crippen molar-refractivity contribution in [3.8, 4) is 0 Å². The molecule has 1 saturated heterocycles. The van der Waals surface area contributed by atoms with Gasteiger partial charge in [0.25, 0.3) is 5.91 Å². The van der Waals surface area contributed by atoms with Crippen molar-refractivity contribution in [1.82, 2.24) is 4.98 Å². The Hall–Kier alpha value is -1.82. The molecule has 1 aliphatic rings. The van der Waals surface area contributed by atoms with Crippen LogP contribution in [0.1, 0.15) is 18.4 Å². The Morgan fingerprint density at radius 3 is 2.96 bits per heavy atom. The molecule has 2 heterocycles. The van der Waals surface area contributed by atoms with Gasteiger partial charge in [0, 0.05) is 25.0 Å². The minimum Gasteiger partial charge on any atom is -0.368 e. The van der Waals surface area contributed by atoms with E-state index in [0.29, 0.717) is 29.0 Å². The molecule has 126 valence electrons. The number of pyridine rings is 1. The van der Waals surface area contributed by atoms with Crippen LogP contribution in [0.4, 0.5) is 11.5 Å². The molecule has 24 heavy (non-hydrogen) atoms. The summed E-state index contributed by atoms with van der Waals surface area (Å²) in [5.74, 6) is 0.467. The predicted molar refractivity (Wildman–Crippen MR) is 95.6 cm³/mol. The maximum absolute atomic E-state index is 12.1. The number of hydrogen-bond acceptors (Lipinski definition) is 4. The Labute approximate surface area is 150 Å². The molecular weight excluding hydrogens is 349 g/mol. The fourth-order valence-corrected chi connectivity index (χ4v) is 2.94. The summed E-state index contributed by atoms with van der Waals surface area (Å²) < 4.78 is 5.39. The standard InChI is InChI=1S/C17H17Cl2N3O2/c18-12-8-14(19)16(21-10-12)20-9-11-3-1-4-13(7-11)22-17(23)15-5-2-6-24-15/h1,3-4,7-8,10,15H,2,5-6,9H2,(H,20,21)(H,22,23)/t15-/m0/s1. The zero-order chi connectivity index (χ0) is 16.9. The molecule has 3 rings (SSSR count). The highest BCUT2D eigenvalue weighted by atomic mass is 35.5. The van der Waals surface area contributed by atoms with Gasteiger partial charge in [-0.2, -0.15) is 0 Å². The highest BCUT2D eigenvalue weighted by Crippen LogP contribution is 2.23. The lowest BCUT2D eigenvalue weighted by Gasteiger charge is -2.12. The molecule has 1 amide bonds. The molecule has 1 aromatic heterocycles. The van der Waals surface area contributed by atoms with E-state index in [-0.39, 0.29) is 12.0 Å². The van der Waals surface area contributed by atoms with E-state index in [1.165, 1.54) is 6.20 Å². The lowest BCUT2D eigenvalue weighted by Crippen LogP contribution is -2.26. The van der Waals surface area contributed by atoms with E-state index in [0.717, 1.165) is 24.1 Å². The molecule has 7 heteroatoms. The van der Waals surface area contributed by atoms with Gasteiger partial charge in [-0.15, -0.1) is 0 Å². The largest absolute Gasteiger partial charge is 0.368 e. The van der Waals surface area contributed by atoms with Gasteiger partial charge in [-0.3, -0.25) is 4.79 Å². The Balaban J connectivity index is 1.61. The number of nitrogens with one attached hydrogen (secondary N) is 2. The van der Waals surface area contributed by atoms with Gasteiger partial charge in [-0.05, 0) is 36.6 Å². The normalized spacial score (nSPS) is 16.8. The van der Waals surface area contributed by atoms with E-state index in [1.807, 2.05) is 24.3 Å². The van der Waals surface area contributed by atoms with Crippen LogP contribution in [0.5, 0.6) is 0 Å². The Morgan fingerprint density at radius 1 is 1.33 bits per heavy atom. The summed E-state index contributed by atoms with van der Waals surface area (Å²) in [6, 6.07) is 9.24. The van der Waals surface area contributed by atoms with Crippen molar-refractivity contribution in [2.75, 3.05) is 17.2 Å². The van der Waals surface area contributed by atoms with E-state index in [9.17, 15) is 4.79 Å². The van der Waals surface area contributed by atoms with Gasteiger partial charge >= 0.3 is 0 Å². The van der Waals surface area contributed by atoms with Crippen molar-refractivity contribution in [2.24, 2.45) is 0 Å². The van der Waals surface area contributed by atoms with Crippen LogP contribution in [0.2, 0.25) is 10.0 Å². The molecule has 2 N–H and O–H groups in total. The van der Waals surface area contributed by atoms with Crippen molar-refractivity contribution in [2.45, 2.75) is 25.5 Å². The summed E-state index contributed by atoms with van der Waals surface area (Å²) in [4.78, 5) is 16.2. The highest BCUT2D eigenvalue weighted by Gasteiger charge is 2.23. The van der Waals surface area contributed by atoms with E-state index >= 15 is 0 Å². The highest BCUT2D eigenvalue weighted by molar-refractivity contribution is 6.35. The molecule has 0 bridgehead atoms. The van der Waals surface area contributed by atoms with Gasteiger partial charge in [0.15, 0.2) is 0 Å². The minimum atomic E-state index is -0.344. The maximum Gasteiger partial charge on any atom is 0.253 e. The van der Waals surface area contributed by atoms with Crippen LogP contribution < -0.4 is 10.6 Å². The summed E-state index contributed by atoms with van der Waals surface area (Å²) in [5.41, 5.74) is 1.73. The topological polar surface area (TPSA) is 63.2 Å². The van der Waals surface area contributed by atoms with E-state index < -0.39 is 0 Å². The third-order valence-electron chi connectivity index (χ3n) is 3.68. The monoisotopic (exact) mass is 365 g/mol. The quantitative estimate of drug-likeness (QED) is 0.836. The molecule has 1 aliphatic heterocycles. The number of nitrogens with zero attached hydrogens (tertiary/aromatic N) is 1. The Bertz CT molecular complexity index is 734. The molecular formula is C17H17Cl2N3O2. The average Bonchev–Trinajstić information content (AvgIpc) is 3.09. The summed E-state index contributed by atoms with van der Waals surface area (Å²) in [6.45, 7) is 1.18. The second kappa shape index (κ2) is 7.83. The molecule has 0 aliphatic carbocycles. The molecule has 1 fully saturated rings. The van der Waals surface area contributed by atoms with E-state index in [2.05, 4.69) is 15.6 Å². The van der Waals surface area contributed by atoms with Crippen LogP contribution >= 0.6 is 23.2 Å². The molecule has 1 aromatic carbocycles. The average molecular weight is 366 g/mol. The van der Waals surface area contributed by atoms with Gasteiger partial charge < -0.3 is 15.4 Å². The third kappa shape index (κ3) is 4.38. The van der Waals surface area contributed by atoms with Crippen molar-refractivity contribution < 1.29 is 9.53 Å². The Kier molecular flexibility index (Phi) is 5.56. The number of amides is 1. The summed E-state index contributed by atoms with van der Waals surface area (Å²) in [5, 5.41) is 7.00. The van der Waals surface area contributed by atoms with Gasteiger partial charge in [-0.25, -0.2) is 4.98 Å². The van der Waals surface area contributed by atoms with Crippen molar-refractivity contribution in [1.29, 1.82) is 0 Å². The van der Waals surface area contributed by atoms with Crippen molar-refractivity contribution in [3.05, 3.63) is 52.1 Å². The number of halogens is 2. The first-order valence-corrected chi connectivity index (χ1v) is 8.44. The number of carbonyl (C=O) groups excluding carboxylic acids is 1. The number of ether oxygens (including phenoxy) is 1. The first kappa shape index (κ1) is 17.0.